The van der Waals surface area contributed by atoms with Gasteiger partial charge >= 0.3 is 0 Å². The van der Waals surface area contributed by atoms with Crippen molar-refractivity contribution in [1.29, 1.82) is 0 Å². The molecule has 1 aromatic rings. The summed E-state index contributed by atoms with van der Waals surface area (Å²) in [6.45, 7) is 4.98. The van der Waals surface area contributed by atoms with Crippen molar-refractivity contribution in [2.45, 2.75) is 25.8 Å². The largest absolute Gasteiger partial charge is 0.493 e. The van der Waals surface area contributed by atoms with Gasteiger partial charge in [0.1, 0.15) is 5.75 Å². The third kappa shape index (κ3) is 1.42. The molecule has 2 rings (SSSR count). The van der Waals surface area contributed by atoms with Crippen LogP contribution in [0, 0.1) is 0 Å². The van der Waals surface area contributed by atoms with E-state index in [0.717, 1.165) is 12.4 Å². The fourth-order valence-electron chi connectivity index (χ4n) is 1.67. The van der Waals surface area contributed by atoms with Crippen LogP contribution >= 0.6 is 0 Å². The van der Waals surface area contributed by atoms with E-state index in [1.165, 1.54) is 11.1 Å². The maximum absolute atomic E-state index is 5.81. The van der Waals surface area contributed by atoms with Crippen LogP contribution in [-0.4, -0.2) is 6.61 Å². The second-order valence-corrected chi connectivity index (χ2v) is 3.80. The number of nitrogens with two attached hydrogens (primary N) is 1. The maximum atomic E-state index is 5.81. The molecule has 0 fully saturated rings. The molecular weight excluding hydrogens is 162 g/mol. The first-order chi connectivity index (χ1) is 6.18. The summed E-state index contributed by atoms with van der Waals surface area (Å²) in [4.78, 5) is 0. The van der Waals surface area contributed by atoms with Gasteiger partial charge in [0.15, 0.2) is 0 Å². The van der Waals surface area contributed by atoms with E-state index in [1.54, 1.807) is 0 Å². The molecule has 1 aromatic carbocycles. The minimum atomic E-state index is 0.109. The number of hydrogen-bond donors (Lipinski definition) is 1. The Hall–Kier alpha value is -1.02. The summed E-state index contributed by atoms with van der Waals surface area (Å²) in [5, 5.41) is 0. The molecule has 0 saturated heterocycles. The van der Waals surface area contributed by atoms with Crippen LogP contribution in [-0.2, 0) is 0 Å². The molecule has 2 N–H and O–H groups in total. The first-order valence-corrected chi connectivity index (χ1v) is 4.70. The molecule has 0 aromatic heterocycles. The van der Waals surface area contributed by atoms with Crippen molar-refractivity contribution in [3.05, 3.63) is 29.3 Å². The van der Waals surface area contributed by atoms with Crippen LogP contribution in [0.25, 0.3) is 0 Å². The van der Waals surface area contributed by atoms with Crippen LogP contribution in [0.3, 0.4) is 0 Å². The van der Waals surface area contributed by atoms with Gasteiger partial charge in [0.2, 0.25) is 0 Å². The van der Waals surface area contributed by atoms with E-state index in [0.29, 0.717) is 5.92 Å². The average molecular weight is 177 g/mol. The standard InChI is InChI=1S/C11H15NO/c1-7-6-13-11-4-3-9(8(2)12)5-10(7)11/h3-5,7-8H,6,12H2,1-2H3. The quantitative estimate of drug-likeness (QED) is 0.713. The maximum Gasteiger partial charge on any atom is 0.122 e. The molecule has 0 amide bonds. The van der Waals surface area contributed by atoms with E-state index in [9.17, 15) is 0 Å². The molecule has 1 aliphatic heterocycles. The molecular formula is C11H15NO. The molecule has 1 aliphatic rings. The van der Waals surface area contributed by atoms with E-state index in [2.05, 4.69) is 13.0 Å². The third-order valence-electron chi connectivity index (χ3n) is 2.58. The number of ether oxygens (including phenoxy) is 1. The van der Waals surface area contributed by atoms with Crippen LogP contribution in [0.15, 0.2) is 18.2 Å². The lowest BCUT2D eigenvalue weighted by Gasteiger charge is -2.08. The van der Waals surface area contributed by atoms with Crippen LogP contribution in [0.2, 0.25) is 0 Å². The fraction of sp³-hybridized carbons (Fsp3) is 0.455. The Morgan fingerprint density at radius 3 is 3.00 bits per heavy atom. The van der Waals surface area contributed by atoms with E-state index in [1.807, 2.05) is 19.1 Å². The molecule has 2 atom stereocenters. The second kappa shape index (κ2) is 3.04. The number of hydrogen-bond acceptors (Lipinski definition) is 2. The summed E-state index contributed by atoms with van der Waals surface area (Å²) >= 11 is 0. The molecule has 2 unspecified atom stereocenters. The molecule has 1 heterocycles. The van der Waals surface area contributed by atoms with Crippen molar-refractivity contribution in [2.24, 2.45) is 5.73 Å². The molecule has 2 nitrogen and oxygen atoms in total. The lowest BCUT2D eigenvalue weighted by Crippen LogP contribution is -2.05. The Kier molecular flexibility index (Phi) is 2.00. The van der Waals surface area contributed by atoms with Crippen molar-refractivity contribution in [2.75, 3.05) is 6.61 Å². The molecule has 0 radical (unpaired) electrons. The Labute approximate surface area is 78.7 Å². The first-order valence-electron chi connectivity index (χ1n) is 4.70. The SMILES string of the molecule is CC(N)c1ccc2c(c1)C(C)CO2. The van der Waals surface area contributed by atoms with Gasteiger partial charge in [-0.1, -0.05) is 19.1 Å². The summed E-state index contributed by atoms with van der Waals surface area (Å²) < 4.78 is 5.50. The average Bonchev–Trinajstić information content (AvgIpc) is 2.47. The summed E-state index contributed by atoms with van der Waals surface area (Å²) in [5.74, 6) is 1.53. The van der Waals surface area contributed by atoms with Crippen molar-refractivity contribution in [3.63, 3.8) is 0 Å². The number of rotatable bonds is 1. The van der Waals surface area contributed by atoms with Crippen LogP contribution < -0.4 is 10.5 Å². The number of fused-ring (bicyclic) bond motifs is 1. The Morgan fingerprint density at radius 2 is 2.31 bits per heavy atom. The molecule has 0 bridgehead atoms. The molecule has 0 saturated carbocycles. The minimum Gasteiger partial charge on any atom is -0.493 e. The van der Waals surface area contributed by atoms with Crippen LogP contribution in [0.1, 0.15) is 36.9 Å². The van der Waals surface area contributed by atoms with Gasteiger partial charge in [-0.3, -0.25) is 0 Å². The number of benzene rings is 1. The van der Waals surface area contributed by atoms with E-state index >= 15 is 0 Å². The monoisotopic (exact) mass is 177 g/mol. The zero-order chi connectivity index (χ0) is 9.42. The van der Waals surface area contributed by atoms with E-state index < -0.39 is 0 Å². The van der Waals surface area contributed by atoms with Gasteiger partial charge in [0.05, 0.1) is 6.61 Å². The van der Waals surface area contributed by atoms with Gasteiger partial charge in [-0.25, -0.2) is 0 Å². The molecule has 0 aliphatic carbocycles. The van der Waals surface area contributed by atoms with E-state index in [-0.39, 0.29) is 6.04 Å². The van der Waals surface area contributed by atoms with Crippen molar-refractivity contribution < 1.29 is 4.74 Å². The summed E-state index contributed by atoms with van der Waals surface area (Å²) in [7, 11) is 0. The second-order valence-electron chi connectivity index (χ2n) is 3.80. The third-order valence-corrected chi connectivity index (χ3v) is 2.58. The molecule has 70 valence electrons. The van der Waals surface area contributed by atoms with Crippen LogP contribution in [0.5, 0.6) is 5.75 Å². The van der Waals surface area contributed by atoms with Gasteiger partial charge in [0, 0.05) is 17.5 Å². The fourth-order valence-corrected chi connectivity index (χ4v) is 1.67. The molecule has 2 heteroatoms. The van der Waals surface area contributed by atoms with Gasteiger partial charge in [0.25, 0.3) is 0 Å². The van der Waals surface area contributed by atoms with Gasteiger partial charge in [-0.05, 0) is 18.6 Å². The zero-order valence-corrected chi connectivity index (χ0v) is 8.08. The van der Waals surface area contributed by atoms with Crippen molar-refractivity contribution >= 4 is 0 Å². The van der Waals surface area contributed by atoms with Gasteiger partial charge < -0.3 is 10.5 Å². The summed E-state index contributed by atoms with van der Waals surface area (Å²) in [5.41, 5.74) is 8.30. The summed E-state index contributed by atoms with van der Waals surface area (Å²) in [6, 6.07) is 6.34. The predicted molar refractivity (Wildman–Crippen MR) is 53.0 cm³/mol. The minimum absolute atomic E-state index is 0.109. The smallest absolute Gasteiger partial charge is 0.122 e. The van der Waals surface area contributed by atoms with Crippen molar-refractivity contribution in [1.82, 2.24) is 0 Å². The lowest BCUT2D eigenvalue weighted by atomic mass is 9.99. The molecule has 0 spiro atoms. The lowest BCUT2D eigenvalue weighted by molar-refractivity contribution is 0.337. The highest BCUT2D eigenvalue weighted by Crippen LogP contribution is 2.34. The Balaban J connectivity index is 2.42. The first kappa shape index (κ1) is 8.57. The van der Waals surface area contributed by atoms with Gasteiger partial charge in [-0.2, -0.15) is 0 Å². The van der Waals surface area contributed by atoms with Gasteiger partial charge in [-0.15, -0.1) is 0 Å². The van der Waals surface area contributed by atoms with Crippen LogP contribution in [0.4, 0.5) is 0 Å². The summed E-state index contributed by atoms with van der Waals surface area (Å²) in [6.07, 6.45) is 0. The topological polar surface area (TPSA) is 35.2 Å². The Bertz CT molecular complexity index is 320. The highest BCUT2D eigenvalue weighted by molar-refractivity contribution is 5.42. The zero-order valence-electron chi connectivity index (χ0n) is 8.08. The predicted octanol–water partition coefficient (Wildman–Crippen LogP) is 2.20. The Morgan fingerprint density at radius 1 is 1.54 bits per heavy atom. The van der Waals surface area contributed by atoms with E-state index in [4.69, 9.17) is 10.5 Å². The van der Waals surface area contributed by atoms with Crippen molar-refractivity contribution in [3.8, 4) is 5.75 Å². The highest BCUT2D eigenvalue weighted by Gasteiger charge is 2.20. The molecule has 13 heavy (non-hydrogen) atoms. The highest BCUT2D eigenvalue weighted by atomic mass is 16.5. The normalized spacial score (nSPS) is 22.2.